The van der Waals surface area contributed by atoms with Crippen molar-refractivity contribution in [1.82, 2.24) is 15.1 Å². The first-order chi connectivity index (χ1) is 9.35. The fourth-order valence-electron chi connectivity index (χ4n) is 2.30. The van der Waals surface area contributed by atoms with Crippen LogP contribution in [0.3, 0.4) is 0 Å². The Balaban J connectivity index is 2.08. The predicted octanol–water partition coefficient (Wildman–Crippen LogP) is 2.99. The van der Waals surface area contributed by atoms with Crippen LogP contribution in [-0.4, -0.2) is 16.3 Å². The third kappa shape index (κ3) is 3.67. The highest BCUT2D eigenvalue weighted by Crippen LogP contribution is 2.12. The van der Waals surface area contributed by atoms with Gasteiger partial charge >= 0.3 is 0 Å². The van der Waals surface area contributed by atoms with Crippen molar-refractivity contribution in [2.75, 3.05) is 6.54 Å². The third-order valence-corrected chi connectivity index (χ3v) is 3.29. The molecule has 1 aromatic carbocycles. The van der Waals surface area contributed by atoms with E-state index in [-0.39, 0.29) is 0 Å². The van der Waals surface area contributed by atoms with Crippen molar-refractivity contribution >= 4 is 0 Å². The van der Waals surface area contributed by atoms with Gasteiger partial charge in [-0.1, -0.05) is 44.2 Å². The number of hydrogen-bond acceptors (Lipinski definition) is 2. The highest BCUT2D eigenvalue weighted by Gasteiger charge is 2.08. The van der Waals surface area contributed by atoms with Crippen molar-refractivity contribution in [2.24, 2.45) is 0 Å². The van der Waals surface area contributed by atoms with Crippen LogP contribution in [0.15, 0.2) is 36.5 Å². The van der Waals surface area contributed by atoms with Gasteiger partial charge in [0.2, 0.25) is 0 Å². The highest BCUT2D eigenvalue weighted by atomic mass is 15.3. The molecule has 1 aromatic heterocycles. The molecule has 0 unspecified atom stereocenters. The first-order valence-electron chi connectivity index (χ1n) is 7.13. The molecule has 3 nitrogen and oxygen atoms in total. The molecule has 19 heavy (non-hydrogen) atoms. The second kappa shape index (κ2) is 7.10. The second-order valence-corrected chi connectivity index (χ2v) is 4.79. The minimum Gasteiger partial charge on any atom is -0.313 e. The summed E-state index contributed by atoms with van der Waals surface area (Å²) in [4.78, 5) is 0. The summed E-state index contributed by atoms with van der Waals surface area (Å²) in [5.41, 5.74) is 3.97. The Labute approximate surface area is 115 Å². The Hall–Kier alpha value is -1.61. The molecule has 0 aliphatic carbocycles. The lowest BCUT2D eigenvalue weighted by Gasteiger charge is -2.08. The van der Waals surface area contributed by atoms with E-state index in [1.54, 1.807) is 0 Å². The summed E-state index contributed by atoms with van der Waals surface area (Å²) in [6.45, 7) is 7.23. The van der Waals surface area contributed by atoms with Gasteiger partial charge in [0.05, 0.1) is 12.7 Å². The Morgan fingerprint density at radius 1 is 1.16 bits per heavy atom. The summed E-state index contributed by atoms with van der Waals surface area (Å²) in [7, 11) is 0. The summed E-state index contributed by atoms with van der Waals surface area (Å²) in [6.07, 6.45) is 4.19. The molecule has 0 radical (unpaired) electrons. The minimum absolute atomic E-state index is 0.859. The summed E-state index contributed by atoms with van der Waals surface area (Å²) in [5, 5.41) is 7.99. The van der Waals surface area contributed by atoms with Crippen molar-refractivity contribution in [3.8, 4) is 0 Å². The molecule has 2 aromatic rings. The quantitative estimate of drug-likeness (QED) is 0.773. The number of hydrogen-bond donors (Lipinski definition) is 1. The summed E-state index contributed by atoms with van der Waals surface area (Å²) in [6, 6.07) is 10.5. The van der Waals surface area contributed by atoms with E-state index in [9.17, 15) is 0 Å². The third-order valence-electron chi connectivity index (χ3n) is 3.29. The largest absolute Gasteiger partial charge is 0.313 e. The predicted molar refractivity (Wildman–Crippen MR) is 79.1 cm³/mol. The van der Waals surface area contributed by atoms with E-state index in [2.05, 4.69) is 53.2 Å². The molecule has 0 fully saturated rings. The Morgan fingerprint density at radius 2 is 1.95 bits per heavy atom. The van der Waals surface area contributed by atoms with Crippen LogP contribution < -0.4 is 5.32 Å². The van der Waals surface area contributed by atoms with Crippen LogP contribution in [0, 0.1) is 0 Å². The Morgan fingerprint density at radius 3 is 2.63 bits per heavy atom. The molecular formula is C16H23N3. The van der Waals surface area contributed by atoms with Gasteiger partial charge in [0.15, 0.2) is 0 Å². The maximum atomic E-state index is 4.54. The number of benzene rings is 1. The van der Waals surface area contributed by atoms with E-state index in [0.29, 0.717) is 0 Å². The molecule has 0 saturated carbocycles. The van der Waals surface area contributed by atoms with Crippen molar-refractivity contribution < 1.29 is 0 Å². The van der Waals surface area contributed by atoms with E-state index in [1.807, 2.05) is 12.3 Å². The van der Waals surface area contributed by atoms with E-state index >= 15 is 0 Å². The average Bonchev–Trinajstić information content (AvgIpc) is 2.82. The first-order valence-corrected chi connectivity index (χ1v) is 7.13. The molecule has 102 valence electrons. The van der Waals surface area contributed by atoms with Crippen LogP contribution >= 0.6 is 0 Å². The molecule has 2 rings (SSSR count). The Bertz CT molecular complexity index is 488. The second-order valence-electron chi connectivity index (χ2n) is 4.79. The number of rotatable bonds is 7. The molecular weight excluding hydrogens is 234 g/mol. The SMILES string of the molecule is CCCNCc1cnn(Cc2ccccc2)c1CC. The molecule has 1 N–H and O–H groups in total. The van der Waals surface area contributed by atoms with Crippen molar-refractivity contribution in [3.05, 3.63) is 53.3 Å². The average molecular weight is 257 g/mol. The van der Waals surface area contributed by atoms with Gasteiger partial charge in [-0.05, 0) is 24.9 Å². The van der Waals surface area contributed by atoms with Crippen molar-refractivity contribution in [2.45, 2.75) is 39.8 Å². The van der Waals surface area contributed by atoms with Gasteiger partial charge in [0.25, 0.3) is 0 Å². The monoisotopic (exact) mass is 257 g/mol. The molecule has 0 bridgehead atoms. The number of nitrogens with zero attached hydrogens (tertiary/aromatic N) is 2. The normalized spacial score (nSPS) is 10.8. The van der Waals surface area contributed by atoms with Crippen LogP contribution in [0.5, 0.6) is 0 Å². The first kappa shape index (κ1) is 13.8. The summed E-state index contributed by atoms with van der Waals surface area (Å²) < 4.78 is 2.12. The van der Waals surface area contributed by atoms with Gasteiger partial charge < -0.3 is 5.32 Å². The lowest BCUT2D eigenvalue weighted by molar-refractivity contribution is 0.637. The lowest BCUT2D eigenvalue weighted by atomic mass is 10.2. The van der Waals surface area contributed by atoms with Gasteiger partial charge in [-0.15, -0.1) is 0 Å². The van der Waals surface area contributed by atoms with Crippen LogP contribution in [0.2, 0.25) is 0 Å². The summed E-state index contributed by atoms with van der Waals surface area (Å²) >= 11 is 0. The van der Waals surface area contributed by atoms with Crippen LogP contribution in [0.1, 0.15) is 37.1 Å². The molecule has 0 aliphatic heterocycles. The maximum absolute atomic E-state index is 4.54. The zero-order valence-electron chi connectivity index (χ0n) is 11.9. The zero-order valence-corrected chi connectivity index (χ0v) is 11.9. The van der Waals surface area contributed by atoms with Gasteiger partial charge in [-0.3, -0.25) is 4.68 Å². The zero-order chi connectivity index (χ0) is 13.5. The van der Waals surface area contributed by atoms with E-state index in [1.165, 1.54) is 23.2 Å². The van der Waals surface area contributed by atoms with Crippen molar-refractivity contribution in [3.63, 3.8) is 0 Å². The minimum atomic E-state index is 0.859. The lowest BCUT2D eigenvalue weighted by Crippen LogP contribution is -2.15. The maximum Gasteiger partial charge on any atom is 0.0662 e. The number of nitrogens with one attached hydrogen (secondary N) is 1. The molecule has 0 saturated heterocycles. The standard InChI is InChI=1S/C16H23N3/c1-3-10-17-11-15-12-18-19(16(15)4-2)13-14-8-6-5-7-9-14/h5-9,12,17H,3-4,10-11,13H2,1-2H3. The molecule has 1 heterocycles. The molecule has 3 heteroatoms. The molecule has 0 aliphatic rings. The highest BCUT2D eigenvalue weighted by molar-refractivity contribution is 5.21. The van der Waals surface area contributed by atoms with Crippen molar-refractivity contribution in [1.29, 1.82) is 0 Å². The molecule has 0 spiro atoms. The van der Waals surface area contributed by atoms with Gasteiger partial charge in [0.1, 0.15) is 0 Å². The van der Waals surface area contributed by atoms with E-state index in [0.717, 1.165) is 26.1 Å². The fraction of sp³-hybridized carbons (Fsp3) is 0.438. The summed E-state index contributed by atoms with van der Waals surface area (Å²) in [5.74, 6) is 0. The molecule has 0 atom stereocenters. The van der Waals surface area contributed by atoms with Crippen LogP contribution in [0.25, 0.3) is 0 Å². The van der Waals surface area contributed by atoms with Crippen LogP contribution in [-0.2, 0) is 19.5 Å². The van der Waals surface area contributed by atoms with E-state index < -0.39 is 0 Å². The Kier molecular flexibility index (Phi) is 5.16. The van der Waals surface area contributed by atoms with Crippen LogP contribution in [0.4, 0.5) is 0 Å². The smallest absolute Gasteiger partial charge is 0.0662 e. The topological polar surface area (TPSA) is 29.9 Å². The number of aromatic nitrogens is 2. The van der Waals surface area contributed by atoms with E-state index in [4.69, 9.17) is 0 Å². The molecule has 0 amide bonds. The van der Waals surface area contributed by atoms with Gasteiger partial charge in [0, 0.05) is 17.8 Å². The van der Waals surface area contributed by atoms with Gasteiger partial charge in [-0.2, -0.15) is 5.10 Å². The fourth-order valence-corrected chi connectivity index (χ4v) is 2.30. The van der Waals surface area contributed by atoms with Gasteiger partial charge in [-0.25, -0.2) is 0 Å².